The van der Waals surface area contributed by atoms with E-state index in [4.69, 9.17) is 19.9 Å². The Morgan fingerprint density at radius 3 is 1.72 bits per heavy atom. The molecular formula is C33H43N7O3. The predicted molar refractivity (Wildman–Crippen MR) is 172 cm³/mol. The van der Waals surface area contributed by atoms with E-state index in [-0.39, 0.29) is 5.92 Å². The minimum atomic E-state index is 0.252. The van der Waals surface area contributed by atoms with Gasteiger partial charge < -0.3 is 35.9 Å². The second-order valence-electron chi connectivity index (χ2n) is 9.86. The molecule has 0 fully saturated rings. The number of anilines is 3. The summed E-state index contributed by atoms with van der Waals surface area (Å²) in [7, 11) is 1.67. The monoisotopic (exact) mass is 585 g/mol. The number of nitrogens with one attached hydrogen (secondary N) is 3. The van der Waals surface area contributed by atoms with Gasteiger partial charge in [0.05, 0.1) is 33.5 Å². The van der Waals surface area contributed by atoms with E-state index in [2.05, 4.69) is 91.6 Å². The van der Waals surface area contributed by atoms with E-state index in [1.165, 1.54) is 16.7 Å². The van der Waals surface area contributed by atoms with Crippen LogP contribution in [0.5, 0.6) is 5.75 Å². The van der Waals surface area contributed by atoms with Gasteiger partial charge in [-0.1, -0.05) is 72.8 Å². The smallest absolute Gasteiger partial charge is 0.229 e. The maximum absolute atomic E-state index is 5.63. The molecule has 0 saturated heterocycles. The molecule has 5 N–H and O–H groups in total. The normalized spacial score (nSPS) is 11.0. The molecule has 10 heteroatoms. The number of nitrogens with zero attached hydrogens (tertiary/aromatic N) is 3. The summed E-state index contributed by atoms with van der Waals surface area (Å²) in [6, 6.07) is 29.2. The molecule has 0 spiro atoms. The standard InChI is InChI=1S/C33H43N7O3/c1-41-29-14-12-26(13-15-29)16-19-35-31-38-32(40-33(39-31)37-21-23-43-25-24-42-22-18-34)36-20-17-30(27-8-4-2-5-9-27)28-10-6-3-7-11-28/h2-15,30H,16-25,34H2,1H3,(H3,35,36,37,38,39,40). The van der Waals surface area contributed by atoms with Crippen LogP contribution in [0.4, 0.5) is 17.8 Å². The van der Waals surface area contributed by atoms with Crippen molar-refractivity contribution in [1.82, 2.24) is 15.0 Å². The first-order valence-corrected chi connectivity index (χ1v) is 14.8. The summed E-state index contributed by atoms with van der Waals surface area (Å²) in [5.41, 5.74) is 9.19. The minimum absolute atomic E-state index is 0.252. The third-order valence-electron chi connectivity index (χ3n) is 6.77. The summed E-state index contributed by atoms with van der Waals surface area (Å²) in [6.45, 7) is 4.48. The number of benzene rings is 3. The van der Waals surface area contributed by atoms with Crippen LogP contribution in [-0.2, 0) is 15.9 Å². The number of aromatic nitrogens is 3. The molecule has 0 atom stereocenters. The summed E-state index contributed by atoms with van der Waals surface area (Å²) < 4.78 is 16.2. The molecule has 4 aromatic rings. The first-order chi connectivity index (χ1) is 21.2. The summed E-state index contributed by atoms with van der Waals surface area (Å²) in [4.78, 5) is 13.9. The maximum Gasteiger partial charge on any atom is 0.229 e. The molecule has 0 amide bonds. The molecule has 1 heterocycles. The Kier molecular flexibility index (Phi) is 13.5. The summed E-state index contributed by atoms with van der Waals surface area (Å²) in [5, 5.41) is 10.0. The van der Waals surface area contributed by atoms with E-state index in [1.54, 1.807) is 7.11 Å². The van der Waals surface area contributed by atoms with Crippen LogP contribution in [0.3, 0.4) is 0 Å². The van der Waals surface area contributed by atoms with E-state index >= 15 is 0 Å². The lowest BCUT2D eigenvalue weighted by Crippen LogP contribution is -2.18. The van der Waals surface area contributed by atoms with Crippen LogP contribution < -0.4 is 26.4 Å². The van der Waals surface area contributed by atoms with E-state index in [1.807, 2.05) is 24.3 Å². The second-order valence-corrected chi connectivity index (χ2v) is 9.86. The number of hydrogen-bond acceptors (Lipinski definition) is 10. The summed E-state index contributed by atoms with van der Waals surface area (Å²) in [5.74, 6) is 2.60. The molecular weight excluding hydrogens is 542 g/mol. The zero-order chi connectivity index (χ0) is 30.0. The van der Waals surface area contributed by atoms with Gasteiger partial charge in [0.2, 0.25) is 17.8 Å². The van der Waals surface area contributed by atoms with Crippen LogP contribution >= 0.6 is 0 Å². The molecule has 228 valence electrons. The predicted octanol–water partition coefficient (Wildman–Crippen LogP) is 4.57. The van der Waals surface area contributed by atoms with Gasteiger partial charge in [-0.2, -0.15) is 15.0 Å². The lowest BCUT2D eigenvalue weighted by molar-refractivity contribution is 0.0547. The third kappa shape index (κ3) is 11.2. The van der Waals surface area contributed by atoms with Crippen LogP contribution in [0.2, 0.25) is 0 Å². The largest absolute Gasteiger partial charge is 0.497 e. The van der Waals surface area contributed by atoms with Crippen LogP contribution in [-0.4, -0.2) is 74.7 Å². The van der Waals surface area contributed by atoms with E-state index < -0.39 is 0 Å². The highest BCUT2D eigenvalue weighted by Gasteiger charge is 2.14. The molecule has 0 unspecified atom stereocenters. The van der Waals surface area contributed by atoms with Crippen LogP contribution in [0.15, 0.2) is 84.9 Å². The van der Waals surface area contributed by atoms with Gasteiger partial charge in [0.25, 0.3) is 0 Å². The zero-order valence-electron chi connectivity index (χ0n) is 24.9. The van der Waals surface area contributed by atoms with Gasteiger partial charge in [0.15, 0.2) is 0 Å². The molecule has 43 heavy (non-hydrogen) atoms. The van der Waals surface area contributed by atoms with Crippen molar-refractivity contribution in [2.24, 2.45) is 5.73 Å². The first kappa shape index (κ1) is 31.7. The fraction of sp³-hybridized carbons (Fsp3) is 0.364. The quantitative estimate of drug-likeness (QED) is 0.110. The highest BCUT2D eigenvalue weighted by Crippen LogP contribution is 2.27. The number of methoxy groups -OCH3 is 1. The first-order valence-electron chi connectivity index (χ1n) is 14.8. The van der Waals surface area contributed by atoms with Gasteiger partial charge in [-0.05, 0) is 41.7 Å². The van der Waals surface area contributed by atoms with Gasteiger partial charge in [0.1, 0.15) is 5.75 Å². The van der Waals surface area contributed by atoms with Gasteiger partial charge in [-0.15, -0.1) is 0 Å². The van der Waals surface area contributed by atoms with Crippen molar-refractivity contribution in [3.8, 4) is 5.75 Å². The van der Waals surface area contributed by atoms with Crippen LogP contribution in [0.1, 0.15) is 29.0 Å². The van der Waals surface area contributed by atoms with Gasteiger partial charge in [0, 0.05) is 32.1 Å². The molecule has 0 aliphatic heterocycles. The Hall–Kier alpha value is -4.25. The molecule has 4 rings (SSSR count). The number of ether oxygens (including phenoxy) is 3. The van der Waals surface area contributed by atoms with Crippen molar-refractivity contribution < 1.29 is 14.2 Å². The highest BCUT2D eigenvalue weighted by molar-refractivity contribution is 5.43. The fourth-order valence-corrected chi connectivity index (χ4v) is 4.59. The zero-order valence-corrected chi connectivity index (χ0v) is 24.9. The average molecular weight is 586 g/mol. The summed E-state index contributed by atoms with van der Waals surface area (Å²) >= 11 is 0. The van der Waals surface area contributed by atoms with Crippen molar-refractivity contribution in [2.45, 2.75) is 18.8 Å². The average Bonchev–Trinajstić information content (AvgIpc) is 3.05. The topological polar surface area (TPSA) is 128 Å². The molecule has 0 bridgehead atoms. The molecule has 1 aromatic heterocycles. The third-order valence-corrected chi connectivity index (χ3v) is 6.77. The van der Waals surface area contributed by atoms with Crippen LogP contribution in [0, 0.1) is 0 Å². The van der Waals surface area contributed by atoms with Crippen molar-refractivity contribution in [1.29, 1.82) is 0 Å². The van der Waals surface area contributed by atoms with E-state index in [0.717, 1.165) is 18.6 Å². The van der Waals surface area contributed by atoms with Crippen molar-refractivity contribution >= 4 is 17.8 Å². The SMILES string of the molecule is COc1ccc(CCNc2nc(NCCOCCOCCN)nc(NCCC(c3ccccc3)c3ccccc3)n2)cc1. The number of nitrogens with two attached hydrogens (primary N) is 1. The number of hydrogen-bond donors (Lipinski definition) is 4. The molecule has 0 aliphatic carbocycles. The van der Waals surface area contributed by atoms with Crippen molar-refractivity contribution in [3.63, 3.8) is 0 Å². The second kappa shape index (κ2) is 18.3. The number of rotatable bonds is 20. The highest BCUT2D eigenvalue weighted by atomic mass is 16.5. The van der Waals surface area contributed by atoms with E-state index in [0.29, 0.717) is 70.5 Å². The molecule has 3 aromatic carbocycles. The summed E-state index contributed by atoms with van der Waals surface area (Å²) in [6.07, 6.45) is 1.69. The molecule has 0 saturated carbocycles. The van der Waals surface area contributed by atoms with Gasteiger partial charge in [-0.3, -0.25) is 0 Å². The van der Waals surface area contributed by atoms with Crippen LogP contribution in [0.25, 0.3) is 0 Å². The van der Waals surface area contributed by atoms with E-state index in [9.17, 15) is 0 Å². The Balaban J connectivity index is 1.37. The Morgan fingerprint density at radius 2 is 1.16 bits per heavy atom. The Morgan fingerprint density at radius 1 is 0.628 bits per heavy atom. The molecule has 0 aliphatic rings. The molecule has 0 radical (unpaired) electrons. The minimum Gasteiger partial charge on any atom is -0.497 e. The lowest BCUT2D eigenvalue weighted by atomic mass is 9.88. The van der Waals surface area contributed by atoms with Gasteiger partial charge in [-0.25, -0.2) is 0 Å². The fourth-order valence-electron chi connectivity index (χ4n) is 4.59. The maximum atomic E-state index is 5.63. The van der Waals surface area contributed by atoms with Gasteiger partial charge >= 0.3 is 0 Å². The lowest BCUT2D eigenvalue weighted by Gasteiger charge is -2.19. The van der Waals surface area contributed by atoms with Crippen molar-refractivity contribution in [3.05, 3.63) is 102 Å². The Bertz CT molecular complexity index is 1270. The Labute approximate surface area is 254 Å². The van der Waals surface area contributed by atoms with Crippen molar-refractivity contribution in [2.75, 3.05) is 75.7 Å². The molecule has 10 nitrogen and oxygen atoms in total.